The fraction of sp³-hybridized carbons (Fsp3) is 0.190. The second kappa shape index (κ2) is 9.79. The highest BCUT2D eigenvalue weighted by Gasteiger charge is 2.10. The lowest BCUT2D eigenvalue weighted by Crippen LogP contribution is -2.23. The van der Waals surface area contributed by atoms with Crippen LogP contribution in [0.1, 0.15) is 28.0 Å². The van der Waals surface area contributed by atoms with Crippen molar-refractivity contribution in [3.63, 3.8) is 0 Å². The maximum Gasteiger partial charge on any atom is 0.257 e. The number of rotatable bonds is 8. The van der Waals surface area contributed by atoms with Crippen molar-refractivity contribution in [2.45, 2.75) is 19.4 Å². The average molecular weight is 413 g/mol. The molecule has 1 heterocycles. The molecule has 0 aliphatic carbocycles. The number of amides is 2. The van der Waals surface area contributed by atoms with Crippen LogP contribution in [-0.2, 0) is 17.8 Å². The first-order valence-corrected chi connectivity index (χ1v) is 9.82. The zero-order valence-electron chi connectivity index (χ0n) is 15.8. The van der Waals surface area contributed by atoms with Crippen molar-refractivity contribution in [2.24, 2.45) is 0 Å². The molecule has 29 heavy (non-hydrogen) atoms. The largest absolute Gasteiger partial charge is 0.497 e. The number of thiazole rings is 1. The molecule has 1 aromatic heterocycles. The summed E-state index contributed by atoms with van der Waals surface area (Å²) in [7, 11) is 1.60. The van der Waals surface area contributed by atoms with Crippen LogP contribution in [0.2, 0.25) is 0 Å². The normalized spacial score (nSPS) is 10.4. The molecule has 0 saturated heterocycles. The van der Waals surface area contributed by atoms with Crippen LogP contribution in [0.3, 0.4) is 0 Å². The molecule has 0 atom stereocenters. The molecule has 8 heteroatoms. The van der Waals surface area contributed by atoms with E-state index in [0.29, 0.717) is 30.1 Å². The first kappa shape index (κ1) is 20.5. The Morgan fingerprint density at radius 3 is 2.72 bits per heavy atom. The Hall–Kier alpha value is -3.26. The second-order valence-corrected chi connectivity index (χ2v) is 7.09. The highest BCUT2D eigenvalue weighted by atomic mass is 32.1. The molecular weight excluding hydrogens is 393 g/mol. The molecule has 0 fully saturated rings. The number of carbonyl (C=O) groups excluding carboxylic acids is 2. The minimum atomic E-state index is -0.400. The van der Waals surface area contributed by atoms with E-state index in [9.17, 15) is 14.0 Å². The molecular formula is C21H20FN3O3S. The van der Waals surface area contributed by atoms with Crippen LogP contribution in [0.15, 0.2) is 53.9 Å². The van der Waals surface area contributed by atoms with Crippen molar-refractivity contribution in [3.05, 3.63) is 76.5 Å². The molecule has 2 aromatic carbocycles. The van der Waals surface area contributed by atoms with Gasteiger partial charge in [0.1, 0.15) is 11.6 Å². The van der Waals surface area contributed by atoms with Gasteiger partial charge in [-0.15, -0.1) is 11.3 Å². The van der Waals surface area contributed by atoms with Crippen LogP contribution in [0.5, 0.6) is 5.75 Å². The highest BCUT2D eigenvalue weighted by molar-refractivity contribution is 7.14. The predicted molar refractivity (Wildman–Crippen MR) is 110 cm³/mol. The number of benzene rings is 2. The number of aryl methyl sites for hydroxylation is 1. The van der Waals surface area contributed by atoms with Crippen LogP contribution in [0.25, 0.3) is 0 Å². The molecule has 0 aliphatic heterocycles. The average Bonchev–Trinajstić information content (AvgIpc) is 3.18. The van der Waals surface area contributed by atoms with Gasteiger partial charge in [0.2, 0.25) is 5.91 Å². The Morgan fingerprint density at radius 2 is 1.97 bits per heavy atom. The standard InChI is InChI=1S/C21H20FN3O3S/c1-28-18-4-2-3-14(11-18)12-23-19(26)10-9-17-13-29-21(24-17)25-20(27)15-5-7-16(22)8-6-15/h2-8,11,13H,9-10,12H2,1H3,(H,23,26)(H,24,25,27). The van der Waals surface area contributed by atoms with Gasteiger partial charge in [-0.1, -0.05) is 12.1 Å². The van der Waals surface area contributed by atoms with Crippen molar-refractivity contribution in [1.82, 2.24) is 10.3 Å². The summed E-state index contributed by atoms with van der Waals surface area (Å²) in [5.74, 6) is -0.100. The molecule has 150 valence electrons. The van der Waals surface area contributed by atoms with Crippen molar-refractivity contribution >= 4 is 28.3 Å². The molecule has 3 rings (SSSR count). The van der Waals surface area contributed by atoms with E-state index in [1.54, 1.807) is 12.5 Å². The SMILES string of the molecule is COc1cccc(CNC(=O)CCc2csc(NC(=O)c3ccc(F)cc3)n2)c1. The third kappa shape index (κ3) is 6.11. The summed E-state index contributed by atoms with van der Waals surface area (Å²) in [5.41, 5.74) is 2.03. The van der Waals surface area contributed by atoms with Crippen molar-refractivity contribution in [1.29, 1.82) is 0 Å². The molecule has 2 N–H and O–H groups in total. The summed E-state index contributed by atoms with van der Waals surface area (Å²) in [6.07, 6.45) is 0.756. The monoisotopic (exact) mass is 413 g/mol. The van der Waals surface area contributed by atoms with Gasteiger partial charge in [0.25, 0.3) is 5.91 Å². The van der Waals surface area contributed by atoms with Crippen molar-refractivity contribution < 1.29 is 18.7 Å². The molecule has 0 unspecified atom stereocenters. The van der Waals surface area contributed by atoms with Gasteiger partial charge < -0.3 is 10.1 Å². The number of anilines is 1. The fourth-order valence-electron chi connectivity index (χ4n) is 2.56. The lowest BCUT2D eigenvalue weighted by molar-refractivity contribution is -0.121. The minimum Gasteiger partial charge on any atom is -0.497 e. The van der Waals surface area contributed by atoms with Gasteiger partial charge in [0.15, 0.2) is 5.13 Å². The molecule has 6 nitrogen and oxygen atoms in total. The molecule has 0 bridgehead atoms. The number of aromatic nitrogens is 1. The number of hydrogen-bond donors (Lipinski definition) is 2. The third-order valence-electron chi connectivity index (χ3n) is 4.11. The Bertz CT molecular complexity index is 989. The number of carbonyl (C=O) groups is 2. The lowest BCUT2D eigenvalue weighted by Gasteiger charge is -2.06. The summed E-state index contributed by atoms with van der Waals surface area (Å²) in [5, 5.41) is 7.78. The van der Waals surface area contributed by atoms with E-state index < -0.39 is 5.82 Å². The number of nitrogens with zero attached hydrogens (tertiary/aromatic N) is 1. The van der Waals surface area contributed by atoms with Gasteiger partial charge >= 0.3 is 0 Å². The topological polar surface area (TPSA) is 80.3 Å². The van der Waals surface area contributed by atoms with E-state index in [2.05, 4.69) is 15.6 Å². The van der Waals surface area contributed by atoms with Gasteiger partial charge in [-0.2, -0.15) is 0 Å². The molecule has 0 saturated carbocycles. The quantitative estimate of drug-likeness (QED) is 0.589. The van der Waals surface area contributed by atoms with E-state index in [0.717, 1.165) is 17.0 Å². The molecule has 0 radical (unpaired) electrons. The minimum absolute atomic E-state index is 0.0854. The Kier molecular flexibility index (Phi) is 6.91. The maximum atomic E-state index is 12.9. The molecule has 0 spiro atoms. The molecule has 0 aliphatic rings. The summed E-state index contributed by atoms with van der Waals surface area (Å²) in [6, 6.07) is 12.8. The summed E-state index contributed by atoms with van der Waals surface area (Å²) < 4.78 is 18.1. The van der Waals surface area contributed by atoms with Gasteiger partial charge in [-0.05, 0) is 48.4 Å². The van der Waals surface area contributed by atoms with Crippen molar-refractivity contribution in [3.8, 4) is 5.75 Å². The van der Waals surface area contributed by atoms with Gasteiger partial charge in [-0.25, -0.2) is 9.37 Å². The number of ether oxygens (including phenoxy) is 1. The fourth-order valence-corrected chi connectivity index (χ4v) is 3.30. The zero-order chi connectivity index (χ0) is 20.6. The lowest BCUT2D eigenvalue weighted by atomic mass is 10.2. The van der Waals surface area contributed by atoms with Crippen LogP contribution >= 0.6 is 11.3 Å². The Labute approximate surface area is 171 Å². The first-order valence-electron chi connectivity index (χ1n) is 8.94. The molecule has 3 aromatic rings. The van der Waals surface area contributed by atoms with E-state index in [-0.39, 0.29) is 11.8 Å². The third-order valence-corrected chi connectivity index (χ3v) is 4.92. The summed E-state index contributed by atoms with van der Waals surface area (Å²) in [6.45, 7) is 0.423. The smallest absolute Gasteiger partial charge is 0.257 e. The second-order valence-electron chi connectivity index (χ2n) is 6.23. The number of hydrogen-bond acceptors (Lipinski definition) is 5. The predicted octanol–water partition coefficient (Wildman–Crippen LogP) is 3.79. The number of halogens is 1. The zero-order valence-corrected chi connectivity index (χ0v) is 16.6. The van der Waals surface area contributed by atoms with Gasteiger partial charge in [-0.3, -0.25) is 14.9 Å². The Morgan fingerprint density at radius 1 is 1.17 bits per heavy atom. The Balaban J connectivity index is 1.45. The van der Waals surface area contributed by atoms with E-state index in [4.69, 9.17) is 4.74 Å². The van der Waals surface area contributed by atoms with Crippen LogP contribution in [0, 0.1) is 5.82 Å². The van der Waals surface area contributed by atoms with Crippen molar-refractivity contribution in [2.75, 3.05) is 12.4 Å². The first-order chi connectivity index (χ1) is 14.0. The van der Waals surface area contributed by atoms with Gasteiger partial charge in [0, 0.05) is 23.9 Å². The van der Waals surface area contributed by atoms with Gasteiger partial charge in [0.05, 0.1) is 12.8 Å². The molecule has 2 amide bonds. The highest BCUT2D eigenvalue weighted by Crippen LogP contribution is 2.18. The summed E-state index contributed by atoms with van der Waals surface area (Å²) >= 11 is 1.28. The van der Waals surface area contributed by atoms with E-state index in [1.807, 2.05) is 24.3 Å². The van der Waals surface area contributed by atoms with Crippen LogP contribution in [-0.4, -0.2) is 23.9 Å². The summed E-state index contributed by atoms with van der Waals surface area (Å²) in [4.78, 5) is 28.5. The number of methoxy groups -OCH3 is 1. The van der Waals surface area contributed by atoms with E-state index in [1.165, 1.54) is 35.6 Å². The maximum absolute atomic E-state index is 12.9. The number of nitrogens with one attached hydrogen (secondary N) is 2. The van der Waals surface area contributed by atoms with E-state index >= 15 is 0 Å². The van der Waals surface area contributed by atoms with Crippen LogP contribution in [0.4, 0.5) is 9.52 Å². The van der Waals surface area contributed by atoms with Crippen LogP contribution < -0.4 is 15.4 Å².